The fourth-order valence-electron chi connectivity index (χ4n) is 4.54. The summed E-state index contributed by atoms with van der Waals surface area (Å²) in [7, 11) is 1.67. The first-order valence-electron chi connectivity index (χ1n) is 12.4. The molecule has 2 aromatic heterocycles. The Labute approximate surface area is 216 Å². The van der Waals surface area contributed by atoms with Crippen LogP contribution in [0.3, 0.4) is 0 Å². The summed E-state index contributed by atoms with van der Waals surface area (Å²) < 4.78 is 1.69. The Hall–Kier alpha value is -4.30. The van der Waals surface area contributed by atoms with Crippen molar-refractivity contribution in [3.63, 3.8) is 0 Å². The maximum absolute atomic E-state index is 13.5. The highest BCUT2D eigenvalue weighted by Gasteiger charge is 2.26. The van der Waals surface area contributed by atoms with Gasteiger partial charge in [-0.3, -0.25) is 19.5 Å². The standard InChI is InChI=1S/C29H30N6O2/c1-32(22-27(36)34-17-15-33(16-18-34)20-23-9-4-2-5-10-23)29(37)26-21-35(25-12-6-3-7-13-25)31-28(26)24-11-8-14-30-19-24/h2-14,19,21H,15-18,20,22H2,1H3. The second-order valence-electron chi connectivity index (χ2n) is 9.22. The van der Waals surface area contributed by atoms with Gasteiger partial charge in [0, 0.05) is 63.9 Å². The highest BCUT2D eigenvalue weighted by atomic mass is 16.2. The second kappa shape index (κ2) is 11.2. The van der Waals surface area contributed by atoms with Crippen molar-refractivity contribution in [1.29, 1.82) is 0 Å². The van der Waals surface area contributed by atoms with Crippen LogP contribution in [-0.2, 0) is 11.3 Å². The SMILES string of the molecule is CN(CC(=O)N1CCN(Cc2ccccc2)CC1)C(=O)c1cn(-c2ccccc2)nc1-c1cccnc1. The quantitative estimate of drug-likeness (QED) is 0.394. The van der Waals surface area contributed by atoms with Gasteiger partial charge in [-0.2, -0.15) is 5.10 Å². The van der Waals surface area contributed by atoms with E-state index in [9.17, 15) is 9.59 Å². The van der Waals surface area contributed by atoms with Crippen molar-refractivity contribution in [2.75, 3.05) is 39.8 Å². The van der Waals surface area contributed by atoms with Crippen LogP contribution < -0.4 is 0 Å². The third-order valence-electron chi connectivity index (χ3n) is 6.59. The van der Waals surface area contributed by atoms with Crippen LogP contribution in [0.15, 0.2) is 91.4 Å². The molecule has 1 aliphatic rings. The van der Waals surface area contributed by atoms with Gasteiger partial charge in [0.25, 0.3) is 5.91 Å². The molecule has 0 atom stereocenters. The largest absolute Gasteiger partial charge is 0.339 e. The van der Waals surface area contributed by atoms with Crippen LogP contribution in [-0.4, -0.2) is 81.1 Å². The summed E-state index contributed by atoms with van der Waals surface area (Å²) in [6, 6.07) is 23.7. The zero-order valence-electron chi connectivity index (χ0n) is 20.9. The number of para-hydroxylation sites is 1. The molecule has 0 radical (unpaired) electrons. The fourth-order valence-corrected chi connectivity index (χ4v) is 4.54. The van der Waals surface area contributed by atoms with Crippen LogP contribution in [0.4, 0.5) is 0 Å². The fraction of sp³-hybridized carbons (Fsp3) is 0.241. The molecule has 0 unspecified atom stereocenters. The molecule has 3 heterocycles. The van der Waals surface area contributed by atoms with E-state index in [0.29, 0.717) is 24.3 Å². The highest BCUT2D eigenvalue weighted by molar-refractivity contribution is 6.01. The molecule has 1 aliphatic heterocycles. The molecule has 8 nitrogen and oxygen atoms in total. The molecule has 37 heavy (non-hydrogen) atoms. The minimum atomic E-state index is -0.253. The summed E-state index contributed by atoms with van der Waals surface area (Å²) in [5.74, 6) is -0.300. The summed E-state index contributed by atoms with van der Waals surface area (Å²) >= 11 is 0. The molecule has 4 aromatic rings. The summed E-state index contributed by atoms with van der Waals surface area (Å²) in [4.78, 5) is 36.5. The minimum absolute atomic E-state index is 0.0144. The summed E-state index contributed by atoms with van der Waals surface area (Å²) in [5, 5.41) is 4.69. The number of rotatable bonds is 7. The number of likely N-dealkylation sites (N-methyl/N-ethyl adjacent to an activating group) is 1. The molecular weight excluding hydrogens is 464 g/mol. The maximum Gasteiger partial charge on any atom is 0.257 e. The zero-order valence-corrected chi connectivity index (χ0v) is 20.9. The van der Waals surface area contributed by atoms with E-state index in [2.05, 4.69) is 22.0 Å². The first kappa shape index (κ1) is 24.4. The topological polar surface area (TPSA) is 74.6 Å². The lowest BCUT2D eigenvalue weighted by atomic mass is 10.1. The van der Waals surface area contributed by atoms with Crippen molar-refractivity contribution in [3.8, 4) is 16.9 Å². The van der Waals surface area contributed by atoms with E-state index in [1.165, 1.54) is 10.5 Å². The van der Waals surface area contributed by atoms with Crippen molar-refractivity contribution < 1.29 is 9.59 Å². The molecule has 5 rings (SSSR count). The Kier molecular flexibility index (Phi) is 7.37. The average Bonchev–Trinajstić information content (AvgIpc) is 3.40. The van der Waals surface area contributed by atoms with E-state index in [0.717, 1.165) is 30.9 Å². The number of carbonyl (C=O) groups excluding carboxylic acids is 2. The smallest absolute Gasteiger partial charge is 0.257 e. The monoisotopic (exact) mass is 494 g/mol. The van der Waals surface area contributed by atoms with Gasteiger partial charge in [-0.1, -0.05) is 48.5 Å². The Morgan fingerprint density at radius 1 is 0.892 bits per heavy atom. The summed E-state index contributed by atoms with van der Waals surface area (Å²) in [6.45, 7) is 3.83. The van der Waals surface area contributed by atoms with E-state index in [-0.39, 0.29) is 18.4 Å². The lowest BCUT2D eigenvalue weighted by molar-refractivity contribution is -0.133. The molecule has 8 heteroatoms. The number of hydrogen-bond donors (Lipinski definition) is 0. The van der Waals surface area contributed by atoms with Crippen LogP contribution in [0.1, 0.15) is 15.9 Å². The van der Waals surface area contributed by atoms with E-state index < -0.39 is 0 Å². The molecule has 1 fully saturated rings. The maximum atomic E-state index is 13.5. The number of carbonyl (C=O) groups is 2. The van der Waals surface area contributed by atoms with Gasteiger partial charge in [0.1, 0.15) is 5.69 Å². The number of benzene rings is 2. The van der Waals surface area contributed by atoms with Gasteiger partial charge in [-0.15, -0.1) is 0 Å². The molecule has 0 spiro atoms. The van der Waals surface area contributed by atoms with Gasteiger partial charge in [0.2, 0.25) is 5.91 Å². The first-order valence-corrected chi connectivity index (χ1v) is 12.4. The third-order valence-corrected chi connectivity index (χ3v) is 6.59. The van der Waals surface area contributed by atoms with Gasteiger partial charge in [0.05, 0.1) is 17.8 Å². The molecule has 0 aliphatic carbocycles. The number of piperazine rings is 1. The summed E-state index contributed by atoms with van der Waals surface area (Å²) in [5.41, 5.74) is 3.83. The zero-order chi connectivity index (χ0) is 25.6. The van der Waals surface area contributed by atoms with E-state index >= 15 is 0 Å². The van der Waals surface area contributed by atoms with E-state index in [1.54, 1.807) is 30.3 Å². The molecular formula is C29H30N6O2. The molecule has 0 saturated carbocycles. The molecule has 188 valence electrons. The average molecular weight is 495 g/mol. The molecule has 0 bridgehead atoms. The van der Waals surface area contributed by atoms with E-state index in [4.69, 9.17) is 5.10 Å². The molecule has 2 aromatic carbocycles. The van der Waals surface area contributed by atoms with Crippen molar-refractivity contribution in [3.05, 3.63) is 103 Å². The van der Waals surface area contributed by atoms with E-state index in [1.807, 2.05) is 65.6 Å². The Morgan fingerprint density at radius 2 is 1.59 bits per heavy atom. The van der Waals surface area contributed by atoms with Crippen molar-refractivity contribution in [1.82, 2.24) is 29.5 Å². The summed E-state index contributed by atoms with van der Waals surface area (Å²) in [6.07, 6.45) is 5.10. The van der Waals surface area contributed by atoms with Crippen molar-refractivity contribution in [2.24, 2.45) is 0 Å². The van der Waals surface area contributed by atoms with Gasteiger partial charge >= 0.3 is 0 Å². The van der Waals surface area contributed by atoms with Crippen LogP contribution in [0.2, 0.25) is 0 Å². The number of hydrogen-bond acceptors (Lipinski definition) is 5. The number of pyridine rings is 1. The van der Waals surface area contributed by atoms with Crippen LogP contribution in [0, 0.1) is 0 Å². The van der Waals surface area contributed by atoms with Gasteiger partial charge in [0.15, 0.2) is 0 Å². The molecule has 2 amide bonds. The second-order valence-corrected chi connectivity index (χ2v) is 9.22. The predicted octanol–water partition coefficient (Wildman–Crippen LogP) is 3.35. The van der Waals surface area contributed by atoms with Crippen molar-refractivity contribution >= 4 is 11.8 Å². The number of nitrogens with zero attached hydrogens (tertiary/aromatic N) is 6. The number of aromatic nitrogens is 3. The van der Waals surface area contributed by atoms with Crippen LogP contribution in [0.25, 0.3) is 16.9 Å². The normalized spacial score (nSPS) is 13.9. The first-order chi connectivity index (χ1) is 18.1. The third kappa shape index (κ3) is 5.76. The van der Waals surface area contributed by atoms with Gasteiger partial charge in [-0.05, 0) is 29.8 Å². The van der Waals surface area contributed by atoms with Crippen LogP contribution in [0.5, 0.6) is 0 Å². The Balaban J connectivity index is 1.26. The lowest BCUT2D eigenvalue weighted by Crippen LogP contribution is -2.51. The van der Waals surface area contributed by atoms with Gasteiger partial charge < -0.3 is 9.80 Å². The number of amides is 2. The van der Waals surface area contributed by atoms with Crippen molar-refractivity contribution in [2.45, 2.75) is 6.54 Å². The highest BCUT2D eigenvalue weighted by Crippen LogP contribution is 2.24. The van der Waals surface area contributed by atoms with Crippen LogP contribution >= 0.6 is 0 Å². The minimum Gasteiger partial charge on any atom is -0.339 e. The molecule has 1 saturated heterocycles. The predicted molar refractivity (Wildman–Crippen MR) is 142 cm³/mol. The Morgan fingerprint density at radius 3 is 2.27 bits per heavy atom. The molecule has 0 N–H and O–H groups in total. The Bertz CT molecular complexity index is 1330. The lowest BCUT2D eigenvalue weighted by Gasteiger charge is -2.35. The van der Waals surface area contributed by atoms with Gasteiger partial charge in [-0.25, -0.2) is 4.68 Å².